The van der Waals surface area contributed by atoms with E-state index >= 15 is 0 Å². The van der Waals surface area contributed by atoms with Crippen LogP contribution in [0.15, 0.2) is 54.6 Å². The molecule has 1 unspecified atom stereocenters. The molecule has 3 N–H and O–H groups in total. The number of carbonyl (C=O) groups excluding carboxylic acids is 1. The lowest BCUT2D eigenvalue weighted by molar-refractivity contribution is -0.156. The van der Waals surface area contributed by atoms with Crippen molar-refractivity contribution in [2.75, 3.05) is 6.54 Å². The van der Waals surface area contributed by atoms with Crippen molar-refractivity contribution in [2.45, 2.75) is 25.7 Å². The Kier molecular flexibility index (Phi) is 5.60. The highest BCUT2D eigenvalue weighted by Crippen LogP contribution is 2.18. The van der Waals surface area contributed by atoms with Crippen LogP contribution >= 0.6 is 0 Å². The molecule has 146 valence electrons. The molecule has 0 spiro atoms. The Hall–Kier alpha value is -3.39. The van der Waals surface area contributed by atoms with Crippen LogP contribution in [0.5, 0.6) is 5.75 Å². The lowest BCUT2D eigenvalue weighted by Crippen LogP contribution is -2.47. The monoisotopic (exact) mass is 383 g/mol. The zero-order chi connectivity index (χ0) is 20.1. The molecule has 2 aromatic carbocycles. The quantitative estimate of drug-likeness (QED) is 0.544. The largest absolute Gasteiger partial charge is 0.486 e. The van der Waals surface area contributed by atoms with E-state index in [1.165, 1.54) is 0 Å². The zero-order valence-corrected chi connectivity index (χ0v) is 15.3. The molecule has 1 atom stereocenters. The van der Waals surface area contributed by atoms with Crippen LogP contribution in [-0.4, -0.2) is 43.8 Å². The summed E-state index contributed by atoms with van der Waals surface area (Å²) in [5.41, 5.74) is -0.555. The number of aliphatic hydroxyl groups is 1. The normalized spacial score (nSPS) is 13.1. The number of para-hydroxylation sites is 3. The van der Waals surface area contributed by atoms with E-state index in [4.69, 9.17) is 9.84 Å². The van der Waals surface area contributed by atoms with E-state index in [1.54, 1.807) is 4.57 Å². The third-order valence-corrected chi connectivity index (χ3v) is 4.24. The fourth-order valence-electron chi connectivity index (χ4n) is 2.62. The third-order valence-electron chi connectivity index (χ3n) is 4.24. The fourth-order valence-corrected chi connectivity index (χ4v) is 2.62. The topological polar surface area (TPSA) is 114 Å². The second kappa shape index (κ2) is 8.10. The van der Waals surface area contributed by atoms with Crippen molar-refractivity contribution in [2.24, 2.45) is 0 Å². The van der Waals surface area contributed by atoms with Crippen LogP contribution in [0.4, 0.5) is 0 Å². The predicted octanol–water partition coefficient (Wildman–Crippen LogP) is 1.57. The molecule has 0 aliphatic carbocycles. The van der Waals surface area contributed by atoms with Crippen LogP contribution in [0.2, 0.25) is 0 Å². The first-order valence-corrected chi connectivity index (χ1v) is 8.71. The van der Waals surface area contributed by atoms with Crippen LogP contribution in [0.3, 0.4) is 0 Å². The molecule has 8 heteroatoms. The molecule has 3 rings (SSSR count). The molecule has 0 saturated carbocycles. The summed E-state index contributed by atoms with van der Waals surface area (Å²) in [6.07, 6.45) is 0. The minimum Gasteiger partial charge on any atom is -0.486 e. The van der Waals surface area contributed by atoms with Gasteiger partial charge in [0.05, 0.1) is 17.6 Å². The van der Waals surface area contributed by atoms with Gasteiger partial charge in [-0.25, -0.2) is 9.78 Å². The molecule has 0 aliphatic rings. The molecule has 3 aromatic rings. The van der Waals surface area contributed by atoms with Crippen LogP contribution in [-0.2, 0) is 22.7 Å². The van der Waals surface area contributed by atoms with Gasteiger partial charge in [0.25, 0.3) is 0 Å². The number of carboxylic acids is 1. The SMILES string of the molecule is CC(O)(CNC(=O)Cn1c(COc2ccccc2)nc2ccccc21)C(=O)O. The van der Waals surface area contributed by atoms with Crippen molar-refractivity contribution < 1.29 is 24.5 Å². The van der Waals surface area contributed by atoms with Gasteiger partial charge in [-0.2, -0.15) is 0 Å². The Balaban J connectivity index is 1.77. The lowest BCUT2D eigenvalue weighted by atomic mass is 10.1. The highest BCUT2D eigenvalue weighted by atomic mass is 16.5. The molecule has 28 heavy (non-hydrogen) atoms. The Bertz CT molecular complexity index is 982. The Morgan fingerprint density at radius 1 is 1.14 bits per heavy atom. The summed E-state index contributed by atoms with van der Waals surface area (Å²) >= 11 is 0. The van der Waals surface area contributed by atoms with Crippen molar-refractivity contribution in [1.82, 2.24) is 14.9 Å². The number of fused-ring (bicyclic) bond motifs is 1. The van der Waals surface area contributed by atoms with Gasteiger partial charge in [-0.1, -0.05) is 30.3 Å². The third kappa shape index (κ3) is 4.47. The van der Waals surface area contributed by atoms with E-state index in [0.717, 1.165) is 18.0 Å². The number of nitrogens with zero attached hydrogens (tertiary/aromatic N) is 2. The average Bonchev–Trinajstić information content (AvgIpc) is 3.03. The summed E-state index contributed by atoms with van der Waals surface area (Å²) in [5, 5.41) is 21.1. The first-order chi connectivity index (χ1) is 13.4. The molecule has 0 saturated heterocycles. The number of amides is 1. The van der Waals surface area contributed by atoms with Gasteiger partial charge in [0.15, 0.2) is 5.60 Å². The number of benzene rings is 2. The smallest absolute Gasteiger partial charge is 0.337 e. The molecule has 1 amide bonds. The van der Waals surface area contributed by atoms with Crippen LogP contribution in [0, 0.1) is 0 Å². The second-order valence-electron chi connectivity index (χ2n) is 6.56. The highest BCUT2D eigenvalue weighted by Gasteiger charge is 2.30. The van der Waals surface area contributed by atoms with E-state index in [1.807, 2.05) is 54.6 Å². The lowest BCUT2D eigenvalue weighted by Gasteiger charge is -2.18. The highest BCUT2D eigenvalue weighted by molar-refractivity contribution is 5.82. The standard InChI is InChI=1S/C20H21N3O5/c1-20(27,19(25)26)13-21-18(24)11-23-16-10-6-5-9-15(16)22-17(23)12-28-14-7-3-2-4-8-14/h2-10,27H,11-13H2,1H3,(H,21,24)(H,25,26). The molecular formula is C20H21N3O5. The van der Waals surface area contributed by atoms with Crippen LogP contribution in [0.1, 0.15) is 12.7 Å². The van der Waals surface area contributed by atoms with E-state index in [2.05, 4.69) is 10.3 Å². The summed E-state index contributed by atoms with van der Waals surface area (Å²) in [7, 11) is 0. The van der Waals surface area contributed by atoms with Gasteiger partial charge in [-0.05, 0) is 31.2 Å². The number of hydrogen-bond acceptors (Lipinski definition) is 5. The molecular weight excluding hydrogens is 362 g/mol. The predicted molar refractivity (Wildman–Crippen MR) is 102 cm³/mol. The number of nitrogens with one attached hydrogen (secondary N) is 1. The number of rotatable bonds is 8. The maximum absolute atomic E-state index is 12.3. The van der Waals surface area contributed by atoms with Gasteiger partial charge in [0, 0.05) is 0 Å². The van der Waals surface area contributed by atoms with Crippen molar-refractivity contribution in [1.29, 1.82) is 0 Å². The van der Waals surface area contributed by atoms with Crippen molar-refractivity contribution in [3.8, 4) is 5.75 Å². The van der Waals surface area contributed by atoms with Gasteiger partial charge in [0.1, 0.15) is 24.7 Å². The molecule has 1 aromatic heterocycles. The van der Waals surface area contributed by atoms with Gasteiger partial charge in [-0.15, -0.1) is 0 Å². The van der Waals surface area contributed by atoms with E-state index in [-0.39, 0.29) is 13.2 Å². The van der Waals surface area contributed by atoms with Gasteiger partial charge < -0.3 is 24.8 Å². The number of carboxylic acid groups (broad SMARTS) is 1. The fraction of sp³-hybridized carbons (Fsp3) is 0.250. The first-order valence-electron chi connectivity index (χ1n) is 8.71. The van der Waals surface area contributed by atoms with E-state index in [0.29, 0.717) is 11.6 Å². The van der Waals surface area contributed by atoms with Gasteiger partial charge in [0.2, 0.25) is 5.91 Å². The van der Waals surface area contributed by atoms with Crippen molar-refractivity contribution in [3.63, 3.8) is 0 Å². The summed E-state index contributed by atoms with van der Waals surface area (Å²) < 4.78 is 7.47. The molecule has 0 aliphatic heterocycles. The number of aliphatic carboxylic acids is 1. The van der Waals surface area contributed by atoms with Crippen molar-refractivity contribution in [3.05, 3.63) is 60.4 Å². The molecule has 0 bridgehead atoms. The number of aromatic nitrogens is 2. The average molecular weight is 383 g/mol. The van der Waals surface area contributed by atoms with Crippen molar-refractivity contribution >= 4 is 22.9 Å². The van der Waals surface area contributed by atoms with Gasteiger partial charge in [-0.3, -0.25) is 4.79 Å². The number of hydrogen-bond donors (Lipinski definition) is 3. The maximum atomic E-state index is 12.3. The summed E-state index contributed by atoms with van der Waals surface area (Å²) in [6.45, 7) is 0.813. The Labute approximate surface area is 161 Å². The number of carbonyl (C=O) groups is 2. The zero-order valence-electron chi connectivity index (χ0n) is 15.3. The second-order valence-corrected chi connectivity index (χ2v) is 6.56. The van der Waals surface area contributed by atoms with Gasteiger partial charge >= 0.3 is 5.97 Å². The van der Waals surface area contributed by atoms with E-state index < -0.39 is 24.0 Å². The molecule has 0 fully saturated rings. The minimum atomic E-state index is -2.04. The Morgan fingerprint density at radius 2 is 1.82 bits per heavy atom. The molecule has 0 radical (unpaired) electrons. The first kappa shape index (κ1) is 19.4. The summed E-state index contributed by atoms with van der Waals surface area (Å²) in [4.78, 5) is 27.8. The number of imidazole rings is 1. The number of ether oxygens (including phenoxy) is 1. The molecule has 8 nitrogen and oxygen atoms in total. The summed E-state index contributed by atoms with van der Waals surface area (Å²) in [5.74, 6) is -0.600. The Morgan fingerprint density at radius 3 is 2.54 bits per heavy atom. The van der Waals surface area contributed by atoms with Crippen LogP contribution in [0.25, 0.3) is 11.0 Å². The minimum absolute atomic E-state index is 0.0797. The van der Waals surface area contributed by atoms with Crippen LogP contribution < -0.4 is 10.1 Å². The maximum Gasteiger partial charge on any atom is 0.337 e. The van der Waals surface area contributed by atoms with E-state index in [9.17, 15) is 14.7 Å². The molecule has 1 heterocycles. The summed E-state index contributed by atoms with van der Waals surface area (Å²) in [6, 6.07) is 16.6.